The Balaban J connectivity index is 1.49. The molecule has 3 aromatic carbocycles. The van der Waals surface area contributed by atoms with Crippen molar-refractivity contribution >= 4 is 42.8 Å². The third-order valence-electron chi connectivity index (χ3n) is 5.43. The van der Waals surface area contributed by atoms with Crippen LogP contribution in [0.25, 0.3) is 53.0 Å². The maximum absolute atomic E-state index is 4.50. The lowest BCUT2D eigenvalue weighted by molar-refractivity contribution is 1.33. The zero-order chi connectivity index (χ0) is 19.9. The summed E-state index contributed by atoms with van der Waals surface area (Å²) < 4.78 is 2.67. The van der Waals surface area contributed by atoms with Crippen molar-refractivity contribution in [3.8, 4) is 32.8 Å². The van der Waals surface area contributed by atoms with E-state index in [1.54, 1.807) is 11.3 Å². The maximum atomic E-state index is 4.50. The second-order valence-electron chi connectivity index (χ2n) is 7.30. The van der Waals surface area contributed by atoms with Crippen LogP contribution < -0.4 is 0 Å². The van der Waals surface area contributed by atoms with Crippen molar-refractivity contribution < 1.29 is 0 Å². The molecule has 3 heteroatoms. The molecule has 0 bridgehead atoms. The summed E-state index contributed by atoms with van der Waals surface area (Å²) in [7, 11) is 0. The molecule has 0 unspecified atom stereocenters. The zero-order valence-electron chi connectivity index (χ0n) is 16.1. The highest BCUT2D eigenvalue weighted by atomic mass is 32.1. The van der Waals surface area contributed by atoms with Crippen LogP contribution in [0.4, 0.5) is 0 Å². The highest BCUT2D eigenvalue weighted by molar-refractivity contribution is 7.25. The number of benzene rings is 3. The van der Waals surface area contributed by atoms with Crippen LogP contribution >= 0.6 is 22.7 Å². The van der Waals surface area contributed by atoms with Gasteiger partial charge in [0.1, 0.15) is 0 Å². The minimum atomic E-state index is 1.00. The number of fused-ring (bicyclic) bond motifs is 3. The van der Waals surface area contributed by atoms with Crippen molar-refractivity contribution in [3.05, 3.63) is 103 Å². The molecule has 1 nitrogen and oxygen atoms in total. The van der Waals surface area contributed by atoms with E-state index in [-0.39, 0.29) is 0 Å². The maximum Gasteiger partial charge on any atom is 0.0702 e. The lowest BCUT2D eigenvalue weighted by Crippen LogP contribution is -1.84. The molecular weight excluding hydrogens is 402 g/mol. The largest absolute Gasteiger partial charge is 0.256 e. The molecule has 3 heterocycles. The van der Waals surface area contributed by atoms with Crippen LogP contribution in [0.15, 0.2) is 103 Å². The Hall–Kier alpha value is -3.27. The molecule has 0 spiro atoms. The smallest absolute Gasteiger partial charge is 0.0702 e. The summed E-state index contributed by atoms with van der Waals surface area (Å²) in [5.74, 6) is 0. The van der Waals surface area contributed by atoms with Crippen LogP contribution in [0.3, 0.4) is 0 Å². The van der Waals surface area contributed by atoms with Crippen molar-refractivity contribution in [1.29, 1.82) is 0 Å². The van der Waals surface area contributed by atoms with Gasteiger partial charge in [-0.1, -0.05) is 42.5 Å². The number of nitrogens with zero attached hydrogens (tertiary/aromatic N) is 1. The third-order valence-corrected chi connectivity index (χ3v) is 7.50. The minimum Gasteiger partial charge on any atom is -0.256 e. The summed E-state index contributed by atoms with van der Waals surface area (Å²) in [6, 6.07) is 32.7. The Morgan fingerprint density at radius 1 is 0.567 bits per heavy atom. The quantitative estimate of drug-likeness (QED) is 0.280. The van der Waals surface area contributed by atoms with E-state index in [2.05, 4.69) is 89.2 Å². The summed E-state index contributed by atoms with van der Waals surface area (Å²) in [4.78, 5) is 5.82. The van der Waals surface area contributed by atoms with Gasteiger partial charge in [0.15, 0.2) is 0 Å². The Labute approximate surface area is 182 Å². The van der Waals surface area contributed by atoms with Gasteiger partial charge in [-0.3, -0.25) is 4.98 Å². The van der Waals surface area contributed by atoms with E-state index in [1.165, 1.54) is 41.7 Å². The van der Waals surface area contributed by atoms with Gasteiger partial charge in [-0.2, -0.15) is 0 Å². The molecule has 3 aromatic heterocycles. The fraction of sp³-hybridized carbons (Fsp3) is 0. The van der Waals surface area contributed by atoms with Gasteiger partial charge in [0.25, 0.3) is 0 Å². The number of hydrogen-bond donors (Lipinski definition) is 0. The number of rotatable bonds is 3. The van der Waals surface area contributed by atoms with Crippen LogP contribution in [0.5, 0.6) is 0 Å². The highest BCUT2D eigenvalue weighted by Crippen LogP contribution is 2.39. The van der Waals surface area contributed by atoms with E-state index in [0.29, 0.717) is 0 Å². The molecule has 30 heavy (non-hydrogen) atoms. The Morgan fingerprint density at radius 3 is 2.10 bits per heavy atom. The Bertz CT molecular complexity index is 1480. The topological polar surface area (TPSA) is 12.9 Å². The third kappa shape index (κ3) is 3.04. The predicted molar refractivity (Wildman–Crippen MR) is 131 cm³/mol. The predicted octanol–water partition coefficient (Wildman–Crippen LogP) is 8.51. The van der Waals surface area contributed by atoms with Crippen molar-refractivity contribution in [1.82, 2.24) is 4.98 Å². The van der Waals surface area contributed by atoms with E-state index in [1.807, 2.05) is 29.7 Å². The summed E-state index contributed by atoms with van der Waals surface area (Å²) in [6.07, 6.45) is 1.84. The summed E-state index contributed by atoms with van der Waals surface area (Å²) in [5.41, 5.74) is 5.89. The molecule has 0 aliphatic heterocycles. The average molecular weight is 420 g/mol. The molecular formula is C27H17NS2. The monoisotopic (exact) mass is 419 g/mol. The molecule has 0 aliphatic carbocycles. The fourth-order valence-corrected chi connectivity index (χ4v) is 5.74. The number of pyridine rings is 1. The number of hydrogen-bond acceptors (Lipinski definition) is 3. The van der Waals surface area contributed by atoms with Gasteiger partial charge in [0.05, 0.1) is 5.69 Å². The Kier molecular flexibility index (Phi) is 4.22. The van der Waals surface area contributed by atoms with Crippen molar-refractivity contribution in [2.75, 3.05) is 0 Å². The van der Waals surface area contributed by atoms with E-state index in [4.69, 9.17) is 0 Å². The summed E-state index contributed by atoms with van der Waals surface area (Å²) in [6.45, 7) is 0. The molecule has 0 fully saturated rings. The SMILES string of the molecule is c1ccc(-c2cccc(-c3ccc4sc5ccc(-c6cccs6)cc5c4c3)c2)nc1. The molecule has 6 aromatic rings. The molecule has 0 aliphatic rings. The fourth-order valence-electron chi connectivity index (χ4n) is 3.94. The first-order valence-electron chi connectivity index (χ1n) is 9.87. The first-order valence-corrected chi connectivity index (χ1v) is 11.6. The van der Waals surface area contributed by atoms with Crippen LogP contribution in [-0.2, 0) is 0 Å². The second kappa shape index (κ2) is 7.21. The molecule has 0 radical (unpaired) electrons. The van der Waals surface area contributed by atoms with Crippen LogP contribution in [0.1, 0.15) is 0 Å². The van der Waals surface area contributed by atoms with Crippen LogP contribution in [0.2, 0.25) is 0 Å². The highest BCUT2D eigenvalue weighted by Gasteiger charge is 2.10. The van der Waals surface area contributed by atoms with Crippen LogP contribution in [0, 0.1) is 0 Å². The van der Waals surface area contributed by atoms with Gasteiger partial charge in [-0.25, -0.2) is 0 Å². The van der Waals surface area contributed by atoms with Gasteiger partial charge >= 0.3 is 0 Å². The minimum absolute atomic E-state index is 1.00. The normalized spacial score (nSPS) is 11.3. The molecule has 0 amide bonds. The van der Waals surface area contributed by atoms with Gasteiger partial charge in [-0.15, -0.1) is 22.7 Å². The number of aromatic nitrogens is 1. The average Bonchev–Trinajstić information content (AvgIpc) is 3.47. The standard InChI is InChI=1S/C27H17NS2/c1-2-13-28-24(7-1)20-6-3-5-18(15-20)19-9-11-26-22(16-19)23-17-21(10-12-27(23)30-26)25-8-4-14-29-25/h1-17H. The van der Waals surface area contributed by atoms with E-state index >= 15 is 0 Å². The number of thiophene rings is 2. The van der Waals surface area contributed by atoms with E-state index in [9.17, 15) is 0 Å². The lowest BCUT2D eigenvalue weighted by Gasteiger charge is -2.06. The molecule has 0 atom stereocenters. The first kappa shape index (κ1) is 17.6. The second-order valence-corrected chi connectivity index (χ2v) is 9.33. The molecule has 0 saturated carbocycles. The van der Waals surface area contributed by atoms with E-state index < -0.39 is 0 Å². The molecule has 0 saturated heterocycles. The van der Waals surface area contributed by atoms with Gasteiger partial charge in [-0.05, 0) is 70.6 Å². The van der Waals surface area contributed by atoms with E-state index in [0.717, 1.165) is 11.3 Å². The van der Waals surface area contributed by atoms with Crippen molar-refractivity contribution in [2.24, 2.45) is 0 Å². The van der Waals surface area contributed by atoms with Crippen LogP contribution in [-0.4, -0.2) is 4.98 Å². The zero-order valence-corrected chi connectivity index (χ0v) is 17.7. The summed E-state index contributed by atoms with van der Waals surface area (Å²) in [5, 5.41) is 4.80. The first-order chi connectivity index (χ1) is 14.8. The van der Waals surface area contributed by atoms with Gasteiger partial charge in [0, 0.05) is 36.8 Å². The molecule has 6 rings (SSSR count). The molecule has 142 valence electrons. The van der Waals surface area contributed by atoms with Crippen molar-refractivity contribution in [3.63, 3.8) is 0 Å². The lowest BCUT2D eigenvalue weighted by atomic mass is 9.99. The molecule has 0 N–H and O–H groups in total. The van der Waals surface area contributed by atoms with Gasteiger partial charge in [0.2, 0.25) is 0 Å². The summed E-state index contributed by atoms with van der Waals surface area (Å²) >= 11 is 3.65. The van der Waals surface area contributed by atoms with Crippen molar-refractivity contribution in [2.45, 2.75) is 0 Å². The van der Waals surface area contributed by atoms with Gasteiger partial charge < -0.3 is 0 Å². The Morgan fingerprint density at radius 2 is 1.33 bits per heavy atom.